The third-order valence-electron chi connectivity index (χ3n) is 3.24. The number of rotatable bonds is 6. The van der Waals surface area contributed by atoms with Crippen LogP contribution in [0.1, 0.15) is 26.0 Å². The molecule has 7 heteroatoms. The Kier molecular flexibility index (Phi) is 3.81. The summed E-state index contributed by atoms with van der Waals surface area (Å²) in [5, 5.41) is 11.9. The topological polar surface area (TPSA) is 72.9 Å². The van der Waals surface area contributed by atoms with Crippen LogP contribution < -0.4 is 5.32 Å². The van der Waals surface area contributed by atoms with Gasteiger partial charge in [0, 0.05) is 23.9 Å². The fourth-order valence-corrected chi connectivity index (χ4v) is 2.36. The summed E-state index contributed by atoms with van der Waals surface area (Å²) in [6.07, 6.45) is 7.07. The standard InChI is InChI=1S/C14H19N7/c1-3-4-12-7-14(21-13(19-12)5-6-16-21)18-11(2)8-20-10-15-9-17-20/h5-7,9-11,18H,3-4,8H2,1-2H3. The molecule has 3 heterocycles. The second-order valence-corrected chi connectivity index (χ2v) is 5.15. The van der Waals surface area contributed by atoms with Gasteiger partial charge in [0.1, 0.15) is 18.5 Å². The van der Waals surface area contributed by atoms with E-state index < -0.39 is 0 Å². The molecule has 3 rings (SSSR count). The molecule has 0 fully saturated rings. The van der Waals surface area contributed by atoms with Crippen molar-refractivity contribution in [1.82, 2.24) is 29.4 Å². The largest absolute Gasteiger partial charge is 0.366 e. The second kappa shape index (κ2) is 5.90. The molecule has 0 saturated heterocycles. The Bertz CT molecular complexity index is 701. The van der Waals surface area contributed by atoms with Gasteiger partial charge in [0.25, 0.3) is 0 Å². The number of fused-ring (bicyclic) bond motifs is 1. The van der Waals surface area contributed by atoms with Crippen molar-refractivity contribution in [1.29, 1.82) is 0 Å². The van der Waals surface area contributed by atoms with Crippen LogP contribution in [0.4, 0.5) is 5.82 Å². The van der Waals surface area contributed by atoms with Crippen molar-refractivity contribution in [3.05, 3.63) is 36.7 Å². The van der Waals surface area contributed by atoms with Crippen LogP contribution in [0.15, 0.2) is 31.0 Å². The van der Waals surface area contributed by atoms with Crippen LogP contribution >= 0.6 is 0 Å². The highest BCUT2D eigenvalue weighted by Gasteiger charge is 2.10. The van der Waals surface area contributed by atoms with E-state index in [4.69, 9.17) is 0 Å². The third-order valence-corrected chi connectivity index (χ3v) is 3.24. The molecule has 0 amide bonds. The molecule has 0 aliphatic heterocycles. The van der Waals surface area contributed by atoms with E-state index in [1.165, 1.54) is 0 Å². The van der Waals surface area contributed by atoms with E-state index >= 15 is 0 Å². The average molecular weight is 285 g/mol. The Labute approximate surface area is 123 Å². The van der Waals surface area contributed by atoms with Gasteiger partial charge in [-0.15, -0.1) is 0 Å². The maximum atomic E-state index is 4.60. The third kappa shape index (κ3) is 3.01. The van der Waals surface area contributed by atoms with Gasteiger partial charge in [0.15, 0.2) is 5.65 Å². The first-order valence-electron chi connectivity index (χ1n) is 7.19. The Morgan fingerprint density at radius 3 is 3.00 bits per heavy atom. The molecule has 21 heavy (non-hydrogen) atoms. The number of aromatic nitrogens is 6. The fourth-order valence-electron chi connectivity index (χ4n) is 2.36. The maximum absolute atomic E-state index is 4.60. The van der Waals surface area contributed by atoms with E-state index in [0.29, 0.717) is 0 Å². The van der Waals surface area contributed by atoms with Gasteiger partial charge in [-0.05, 0) is 13.3 Å². The number of nitrogens with one attached hydrogen (secondary N) is 1. The van der Waals surface area contributed by atoms with Gasteiger partial charge in [-0.3, -0.25) is 4.68 Å². The van der Waals surface area contributed by atoms with Crippen LogP contribution in [0.25, 0.3) is 5.65 Å². The van der Waals surface area contributed by atoms with E-state index in [-0.39, 0.29) is 6.04 Å². The highest BCUT2D eigenvalue weighted by atomic mass is 15.3. The molecule has 0 aliphatic rings. The highest BCUT2D eigenvalue weighted by molar-refractivity contribution is 5.49. The van der Waals surface area contributed by atoms with Gasteiger partial charge in [-0.2, -0.15) is 14.7 Å². The minimum Gasteiger partial charge on any atom is -0.366 e. The van der Waals surface area contributed by atoms with E-state index in [1.54, 1.807) is 18.9 Å². The van der Waals surface area contributed by atoms with Gasteiger partial charge < -0.3 is 5.32 Å². The van der Waals surface area contributed by atoms with Crippen molar-refractivity contribution in [2.24, 2.45) is 0 Å². The molecule has 3 aromatic rings. The number of anilines is 1. The van der Waals surface area contributed by atoms with E-state index in [2.05, 4.69) is 45.4 Å². The monoisotopic (exact) mass is 285 g/mol. The zero-order valence-electron chi connectivity index (χ0n) is 12.3. The molecule has 7 nitrogen and oxygen atoms in total. The number of aryl methyl sites for hydroxylation is 1. The summed E-state index contributed by atoms with van der Waals surface area (Å²) in [7, 11) is 0. The molecule has 0 radical (unpaired) electrons. The summed E-state index contributed by atoms with van der Waals surface area (Å²) in [4.78, 5) is 8.56. The van der Waals surface area contributed by atoms with Crippen LogP contribution in [-0.2, 0) is 13.0 Å². The Morgan fingerprint density at radius 1 is 1.33 bits per heavy atom. The SMILES string of the molecule is CCCc1cc(NC(C)Cn2cncn2)n2nccc2n1. The van der Waals surface area contributed by atoms with Crippen molar-refractivity contribution < 1.29 is 0 Å². The molecule has 1 unspecified atom stereocenters. The molecule has 0 aromatic carbocycles. The normalized spacial score (nSPS) is 12.7. The molecule has 1 atom stereocenters. The molecule has 0 spiro atoms. The molecule has 0 aliphatic carbocycles. The molecule has 1 N–H and O–H groups in total. The van der Waals surface area contributed by atoms with Crippen LogP contribution in [0, 0.1) is 0 Å². The van der Waals surface area contributed by atoms with Gasteiger partial charge >= 0.3 is 0 Å². The van der Waals surface area contributed by atoms with E-state index in [1.807, 2.05) is 15.3 Å². The zero-order valence-corrected chi connectivity index (χ0v) is 12.3. The Balaban J connectivity index is 1.83. The molecule has 0 bridgehead atoms. The smallest absolute Gasteiger partial charge is 0.157 e. The quantitative estimate of drug-likeness (QED) is 0.747. The van der Waals surface area contributed by atoms with E-state index in [9.17, 15) is 0 Å². The first kappa shape index (κ1) is 13.5. The van der Waals surface area contributed by atoms with E-state index in [0.717, 1.165) is 36.5 Å². The first-order valence-corrected chi connectivity index (χ1v) is 7.19. The number of nitrogens with zero attached hydrogens (tertiary/aromatic N) is 6. The lowest BCUT2D eigenvalue weighted by Gasteiger charge is -2.16. The van der Waals surface area contributed by atoms with Crippen LogP contribution in [0.5, 0.6) is 0 Å². The Morgan fingerprint density at radius 2 is 2.24 bits per heavy atom. The van der Waals surface area contributed by atoms with Crippen molar-refractivity contribution in [3.8, 4) is 0 Å². The lowest BCUT2D eigenvalue weighted by atomic mass is 10.2. The molecule has 110 valence electrons. The Hall–Kier alpha value is -2.44. The maximum Gasteiger partial charge on any atom is 0.157 e. The first-order chi connectivity index (χ1) is 10.3. The molecular weight excluding hydrogens is 266 g/mol. The highest BCUT2D eigenvalue weighted by Crippen LogP contribution is 2.15. The van der Waals surface area contributed by atoms with Crippen molar-refractivity contribution in [2.45, 2.75) is 39.3 Å². The van der Waals surface area contributed by atoms with Crippen molar-refractivity contribution in [3.63, 3.8) is 0 Å². The minimum atomic E-state index is 0.205. The van der Waals surface area contributed by atoms with Gasteiger partial charge in [-0.1, -0.05) is 13.3 Å². The van der Waals surface area contributed by atoms with Gasteiger partial charge in [-0.25, -0.2) is 9.97 Å². The van der Waals surface area contributed by atoms with Crippen molar-refractivity contribution in [2.75, 3.05) is 5.32 Å². The fraction of sp³-hybridized carbons (Fsp3) is 0.429. The summed E-state index contributed by atoms with van der Waals surface area (Å²) in [5.41, 5.74) is 1.96. The summed E-state index contributed by atoms with van der Waals surface area (Å²) in [6, 6.07) is 4.20. The number of hydrogen-bond donors (Lipinski definition) is 1. The summed E-state index contributed by atoms with van der Waals surface area (Å²) in [6.45, 7) is 5.01. The zero-order chi connectivity index (χ0) is 14.7. The minimum absolute atomic E-state index is 0.205. The van der Waals surface area contributed by atoms with Crippen LogP contribution in [0.2, 0.25) is 0 Å². The summed E-state index contributed by atoms with van der Waals surface area (Å²) >= 11 is 0. The van der Waals surface area contributed by atoms with Gasteiger partial charge in [0.2, 0.25) is 0 Å². The number of hydrogen-bond acceptors (Lipinski definition) is 5. The lowest BCUT2D eigenvalue weighted by Crippen LogP contribution is -2.24. The second-order valence-electron chi connectivity index (χ2n) is 5.15. The predicted octanol–water partition coefficient (Wildman–Crippen LogP) is 1.77. The average Bonchev–Trinajstić information content (AvgIpc) is 3.09. The van der Waals surface area contributed by atoms with Crippen molar-refractivity contribution >= 4 is 11.5 Å². The lowest BCUT2D eigenvalue weighted by molar-refractivity contribution is 0.557. The molecule has 3 aromatic heterocycles. The van der Waals surface area contributed by atoms with Crippen LogP contribution in [-0.4, -0.2) is 35.4 Å². The summed E-state index contributed by atoms with van der Waals surface area (Å²) < 4.78 is 3.64. The molecular formula is C14H19N7. The van der Waals surface area contributed by atoms with Crippen LogP contribution in [0.3, 0.4) is 0 Å². The summed E-state index contributed by atoms with van der Waals surface area (Å²) in [5.74, 6) is 0.959. The van der Waals surface area contributed by atoms with Gasteiger partial charge in [0.05, 0.1) is 12.7 Å². The molecule has 0 saturated carbocycles. The predicted molar refractivity (Wildman–Crippen MR) is 80.1 cm³/mol.